The van der Waals surface area contributed by atoms with E-state index in [9.17, 15) is 38.7 Å². The minimum Gasteiger partial charge on any atom is -0.493 e. The summed E-state index contributed by atoms with van der Waals surface area (Å²) in [5.41, 5.74) is -1.74. The number of hydrogen-bond donors (Lipinski definition) is 2. The summed E-state index contributed by atoms with van der Waals surface area (Å²) in [6.07, 6.45) is 0.603. The van der Waals surface area contributed by atoms with E-state index in [-0.39, 0.29) is 43.3 Å². The summed E-state index contributed by atoms with van der Waals surface area (Å²) in [5.74, 6) is -8.29. The highest BCUT2D eigenvalue weighted by Gasteiger charge is 2.50. The second-order valence-electron chi connectivity index (χ2n) is 11.5. The van der Waals surface area contributed by atoms with Crippen molar-refractivity contribution in [3.63, 3.8) is 0 Å². The first kappa shape index (κ1) is 37.2. The molecular formula is C33H40N2O11. The van der Waals surface area contributed by atoms with Gasteiger partial charge in [0.1, 0.15) is 12.6 Å². The Balaban J connectivity index is 2.51. The molecule has 4 atom stereocenters. The second kappa shape index (κ2) is 17.5. The van der Waals surface area contributed by atoms with Crippen molar-refractivity contribution in [2.45, 2.75) is 47.0 Å². The second-order valence-corrected chi connectivity index (χ2v) is 11.5. The van der Waals surface area contributed by atoms with E-state index in [2.05, 4.69) is 10.3 Å². The highest BCUT2D eigenvalue weighted by molar-refractivity contribution is 6.38. The number of methoxy groups -OCH3 is 1. The Morgan fingerprint density at radius 2 is 1.72 bits per heavy atom. The number of ketones is 2. The van der Waals surface area contributed by atoms with E-state index in [0.29, 0.717) is 18.1 Å². The molecule has 248 valence electrons. The number of carboxylic acid groups (broad SMARTS) is 1. The van der Waals surface area contributed by atoms with Crippen LogP contribution in [0.5, 0.6) is 11.5 Å². The molecule has 2 rings (SSSR count). The molecule has 2 aromatic rings. The number of aliphatic carboxylic acids is 1. The Morgan fingerprint density at radius 1 is 1.04 bits per heavy atom. The molecule has 0 aliphatic heterocycles. The molecule has 2 N–H and O–H groups in total. The van der Waals surface area contributed by atoms with E-state index < -0.39 is 65.0 Å². The van der Waals surface area contributed by atoms with Crippen LogP contribution in [0.15, 0.2) is 42.6 Å². The third-order valence-corrected chi connectivity index (χ3v) is 7.53. The maximum absolute atomic E-state index is 13.5. The fourth-order valence-electron chi connectivity index (χ4n) is 5.15. The third kappa shape index (κ3) is 9.78. The van der Waals surface area contributed by atoms with Crippen LogP contribution in [-0.2, 0) is 35.1 Å². The predicted molar refractivity (Wildman–Crippen MR) is 163 cm³/mol. The summed E-state index contributed by atoms with van der Waals surface area (Å²) in [6.45, 7) is 5.66. The quantitative estimate of drug-likeness (QED) is 0.129. The third-order valence-electron chi connectivity index (χ3n) is 7.53. The van der Waals surface area contributed by atoms with Gasteiger partial charge < -0.3 is 34.2 Å². The molecule has 0 radical (unpaired) electrons. The van der Waals surface area contributed by atoms with Gasteiger partial charge in [-0.2, -0.15) is 0 Å². The van der Waals surface area contributed by atoms with Gasteiger partial charge >= 0.3 is 12.1 Å². The van der Waals surface area contributed by atoms with Crippen LogP contribution in [0.1, 0.15) is 56.6 Å². The minimum atomic E-state index is -1.99. The number of nitrogens with zero attached hydrogens (tertiary/aromatic N) is 1. The molecule has 0 aliphatic carbocycles. The van der Waals surface area contributed by atoms with E-state index >= 15 is 0 Å². The van der Waals surface area contributed by atoms with Crippen LogP contribution in [-0.4, -0.2) is 72.5 Å². The number of carbonyl (C=O) groups is 7. The zero-order valence-corrected chi connectivity index (χ0v) is 26.5. The number of carboxylic acids is 1. The molecule has 1 amide bonds. The standard InChI is InChI=1S/C33H40N2O11/c1-20(2)18-45-32(43)46-29-25(44-5)13-14-34-27(29)30(40)35-19-33(4,31(41)42)26(21(3)28(39)24(38)12-9-15-36)23(17-37)16-22-10-7-6-8-11-22/h6-8,10-11,13-15,17,20-21,23,26H,9,12,16,18-19H2,1-5H3,(H,35,40)(H,41,42)/t21-,23-,26-,33?/m0/s1. The van der Waals surface area contributed by atoms with Gasteiger partial charge in [0.05, 0.1) is 19.1 Å². The van der Waals surface area contributed by atoms with Gasteiger partial charge in [-0.15, -0.1) is 0 Å². The Labute approximate surface area is 267 Å². The molecule has 0 spiro atoms. The number of Topliss-reactive ketones (excluding diaryl/α,β-unsaturated/α-hetero) is 2. The van der Waals surface area contributed by atoms with Gasteiger partial charge in [-0.05, 0) is 30.7 Å². The summed E-state index contributed by atoms with van der Waals surface area (Å²) in [4.78, 5) is 92.0. The summed E-state index contributed by atoms with van der Waals surface area (Å²) in [5, 5.41) is 13.0. The van der Waals surface area contributed by atoms with Crippen molar-refractivity contribution in [2.24, 2.45) is 29.1 Å². The molecule has 1 aromatic heterocycles. The molecule has 0 fully saturated rings. The van der Waals surface area contributed by atoms with Gasteiger partial charge in [0.25, 0.3) is 5.91 Å². The monoisotopic (exact) mass is 640 g/mol. The van der Waals surface area contributed by atoms with Crippen molar-refractivity contribution >= 4 is 42.2 Å². The van der Waals surface area contributed by atoms with Crippen molar-refractivity contribution < 1.29 is 52.9 Å². The van der Waals surface area contributed by atoms with Crippen LogP contribution >= 0.6 is 0 Å². The first-order valence-electron chi connectivity index (χ1n) is 14.7. The van der Waals surface area contributed by atoms with Gasteiger partial charge in [0.15, 0.2) is 17.2 Å². The topological polar surface area (TPSA) is 192 Å². The highest BCUT2D eigenvalue weighted by Crippen LogP contribution is 2.41. The van der Waals surface area contributed by atoms with E-state index in [1.807, 2.05) is 13.8 Å². The molecule has 1 aromatic carbocycles. The summed E-state index contributed by atoms with van der Waals surface area (Å²) >= 11 is 0. The number of benzene rings is 1. The molecule has 46 heavy (non-hydrogen) atoms. The predicted octanol–water partition coefficient (Wildman–Crippen LogP) is 3.51. The number of nitrogens with one attached hydrogen (secondary N) is 1. The molecule has 0 saturated heterocycles. The summed E-state index contributed by atoms with van der Waals surface area (Å²) in [6, 6.07) is 10.0. The molecule has 1 heterocycles. The molecular weight excluding hydrogens is 600 g/mol. The molecule has 13 heteroatoms. The SMILES string of the molecule is COc1ccnc(C(=O)NCC(C)(C(=O)O)[C@H]([C@H](C=O)Cc2ccccc2)[C@H](C)C(=O)C(=O)CCC=O)c1OC(=O)OCC(C)C. The molecule has 0 bridgehead atoms. The number of amides is 1. The van der Waals surface area contributed by atoms with Crippen molar-refractivity contribution in [3.05, 3.63) is 53.9 Å². The maximum Gasteiger partial charge on any atom is 0.514 e. The minimum absolute atomic E-state index is 0.000534. The number of ether oxygens (including phenoxy) is 3. The van der Waals surface area contributed by atoms with Crippen LogP contribution in [0.2, 0.25) is 0 Å². The largest absolute Gasteiger partial charge is 0.514 e. The lowest BCUT2D eigenvalue weighted by Crippen LogP contribution is -2.53. The number of aldehydes is 2. The Hall–Kier alpha value is -4.94. The van der Waals surface area contributed by atoms with E-state index in [4.69, 9.17) is 14.2 Å². The number of aromatic nitrogens is 1. The first-order chi connectivity index (χ1) is 21.8. The number of hydrogen-bond acceptors (Lipinski definition) is 11. The average molecular weight is 641 g/mol. The van der Waals surface area contributed by atoms with E-state index in [0.717, 1.165) is 0 Å². The Morgan fingerprint density at radius 3 is 2.28 bits per heavy atom. The first-order valence-corrected chi connectivity index (χ1v) is 14.7. The Bertz CT molecular complexity index is 1410. The van der Waals surface area contributed by atoms with Gasteiger partial charge in [0, 0.05) is 43.5 Å². The number of rotatable bonds is 19. The lowest BCUT2D eigenvalue weighted by Gasteiger charge is -2.40. The van der Waals surface area contributed by atoms with E-state index in [1.165, 1.54) is 33.2 Å². The summed E-state index contributed by atoms with van der Waals surface area (Å²) in [7, 11) is 1.27. The van der Waals surface area contributed by atoms with Crippen molar-refractivity contribution in [3.8, 4) is 11.5 Å². The van der Waals surface area contributed by atoms with Crippen LogP contribution in [0.4, 0.5) is 4.79 Å². The fraction of sp³-hybridized carbons (Fsp3) is 0.455. The Kier molecular flexibility index (Phi) is 14.2. The average Bonchev–Trinajstić information content (AvgIpc) is 3.04. The lowest BCUT2D eigenvalue weighted by molar-refractivity contribution is -0.156. The van der Waals surface area contributed by atoms with Crippen LogP contribution in [0, 0.1) is 29.1 Å². The lowest BCUT2D eigenvalue weighted by atomic mass is 9.62. The zero-order chi connectivity index (χ0) is 34.4. The fourth-order valence-corrected chi connectivity index (χ4v) is 5.15. The van der Waals surface area contributed by atoms with Crippen LogP contribution in [0.3, 0.4) is 0 Å². The number of pyridine rings is 1. The summed E-state index contributed by atoms with van der Waals surface area (Å²) < 4.78 is 15.5. The normalized spacial score (nSPS) is 14.1. The van der Waals surface area contributed by atoms with Gasteiger partial charge in [-0.25, -0.2) is 9.78 Å². The van der Waals surface area contributed by atoms with Crippen LogP contribution < -0.4 is 14.8 Å². The molecule has 13 nitrogen and oxygen atoms in total. The molecule has 0 saturated carbocycles. The maximum atomic E-state index is 13.5. The number of carbonyl (C=O) groups excluding carboxylic acids is 6. The molecule has 1 unspecified atom stereocenters. The van der Waals surface area contributed by atoms with Crippen molar-refractivity contribution in [1.29, 1.82) is 0 Å². The van der Waals surface area contributed by atoms with E-state index in [1.54, 1.807) is 30.3 Å². The zero-order valence-electron chi connectivity index (χ0n) is 26.5. The highest BCUT2D eigenvalue weighted by atomic mass is 16.7. The van der Waals surface area contributed by atoms with Crippen LogP contribution in [0.25, 0.3) is 0 Å². The van der Waals surface area contributed by atoms with Crippen molar-refractivity contribution in [1.82, 2.24) is 10.3 Å². The van der Waals surface area contributed by atoms with Crippen molar-refractivity contribution in [2.75, 3.05) is 20.3 Å². The molecule has 0 aliphatic rings. The smallest absolute Gasteiger partial charge is 0.493 e. The van der Waals surface area contributed by atoms with Gasteiger partial charge in [-0.1, -0.05) is 51.1 Å². The van der Waals surface area contributed by atoms with Gasteiger partial charge in [0.2, 0.25) is 11.5 Å². The van der Waals surface area contributed by atoms with Gasteiger partial charge in [-0.3, -0.25) is 19.2 Å².